The molecule has 0 aliphatic carbocycles. The van der Waals surface area contributed by atoms with E-state index in [1.165, 1.54) is 37.4 Å². The predicted octanol–water partition coefficient (Wildman–Crippen LogP) is 5.42. The van der Waals surface area contributed by atoms with Crippen LogP contribution in [0.25, 0.3) is 0 Å². The van der Waals surface area contributed by atoms with E-state index in [0.717, 1.165) is 52.3 Å². The molecular formula is C30H21F4N3O6S2. The third-order valence-electron chi connectivity index (χ3n) is 7.32. The number of anilines is 2. The molecule has 2 N–H and O–H groups in total. The average Bonchev–Trinajstić information content (AvgIpc) is 3.50. The number of halogens is 4. The average molecular weight is 660 g/mol. The monoisotopic (exact) mass is 659 g/mol. The maximum Gasteiger partial charge on any atom is 0.418 e. The second-order valence-electron chi connectivity index (χ2n) is 10.0. The number of para-hydroxylation sites is 1. The molecule has 1 fully saturated rings. The molecule has 1 saturated heterocycles. The first-order valence-electron chi connectivity index (χ1n) is 13.3. The molecule has 0 bridgehead atoms. The van der Waals surface area contributed by atoms with E-state index in [1.807, 2.05) is 0 Å². The fraction of sp³-hybridized carbons (Fsp3) is 0.200. The molecule has 3 aromatic carbocycles. The number of carbonyl (C=O) groups is 3. The first kappa shape index (κ1) is 30.4. The molecule has 0 saturated carbocycles. The van der Waals surface area contributed by atoms with Gasteiger partial charge in [0, 0.05) is 10.8 Å². The molecule has 232 valence electrons. The number of nitrogens with zero attached hydrogens (tertiary/aromatic N) is 1. The number of benzene rings is 3. The van der Waals surface area contributed by atoms with Gasteiger partial charge in [-0.15, -0.1) is 0 Å². The van der Waals surface area contributed by atoms with E-state index in [2.05, 4.69) is 10.3 Å². The lowest BCUT2D eigenvalue weighted by atomic mass is 9.83. The van der Waals surface area contributed by atoms with Crippen LogP contribution in [-0.4, -0.2) is 41.7 Å². The second kappa shape index (κ2) is 11.7. The molecule has 3 heterocycles. The Morgan fingerprint density at radius 1 is 1.00 bits per heavy atom. The Hall–Kier alpha value is -4.63. The largest absolute Gasteiger partial charge is 0.493 e. The van der Waals surface area contributed by atoms with Crippen molar-refractivity contribution in [2.24, 2.45) is 5.92 Å². The van der Waals surface area contributed by atoms with Gasteiger partial charge in [-0.3, -0.25) is 19.2 Å². The fourth-order valence-electron chi connectivity index (χ4n) is 5.39. The maximum atomic E-state index is 13.8. The molecule has 0 spiro atoms. The van der Waals surface area contributed by atoms with Crippen molar-refractivity contribution in [3.8, 4) is 11.5 Å². The molecule has 6 rings (SSSR count). The lowest BCUT2D eigenvalue weighted by Gasteiger charge is -2.30. The number of alkyl halides is 3. The van der Waals surface area contributed by atoms with Gasteiger partial charge < -0.3 is 19.8 Å². The first-order valence-corrected chi connectivity index (χ1v) is 15.0. The summed E-state index contributed by atoms with van der Waals surface area (Å²) in [5.74, 6) is -3.83. The molecule has 3 atom stereocenters. The smallest absolute Gasteiger partial charge is 0.418 e. The lowest BCUT2D eigenvalue weighted by molar-refractivity contribution is -0.137. The summed E-state index contributed by atoms with van der Waals surface area (Å²) in [5, 5.41) is 1.78. The van der Waals surface area contributed by atoms with Gasteiger partial charge in [0.05, 0.1) is 35.0 Å². The van der Waals surface area contributed by atoms with Crippen molar-refractivity contribution < 1.29 is 41.4 Å². The van der Waals surface area contributed by atoms with Crippen LogP contribution in [0.1, 0.15) is 21.9 Å². The molecule has 2 aliphatic rings. The Labute approximate surface area is 260 Å². The number of fused-ring (bicyclic) bond motifs is 2. The number of imide groups is 1. The van der Waals surface area contributed by atoms with Gasteiger partial charge in [-0.25, -0.2) is 9.29 Å². The van der Waals surface area contributed by atoms with Crippen LogP contribution < -0.4 is 24.6 Å². The molecule has 0 radical (unpaired) electrons. The molecule has 9 nitrogen and oxygen atoms in total. The number of aromatic nitrogens is 1. The minimum Gasteiger partial charge on any atom is -0.493 e. The third-order valence-corrected chi connectivity index (χ3v) is 9.72. The Morgan fingerprint density at radius 2 is 1.73 bits per heavy atom. The normalized spacial score (nSPS) is 19.2. The molecule has 1 aromatic heterocycles. The summed E-state index contributed by atoms with van der Waals surface area (Å²) in [6.07, 6.45) is -4.67. The molecule has 45 heavy (non-hydrogen) atoms. The SMILES string of the molecule is COc1cc([C@H]2c3sc(=O)[nH]c3SC3C(=O)N(c4ccc(F)cc4)C(=O)C32)ccc1OCC(=O)Nc1ccccc1C(F)(F)F. The summed E-state index contributed by atoms with van der Waals surface area (Å²) in [6.45, 7) is -0.643. The number of hydrogen-bond acceptors (Lipinski definition) is 8. The number of ether oxygens (including phenoxy) is 2. The highest BCUT2D eigenvalue weighted by Gasteiger charge is 2.56. The van der Waals surface area contributed by atoms with Crippen molar-refractivity contribution in [2.75, 3.05) is 23.9 Å². The van der Waals surface area contributed by atoms with Crippen molar-refractivity contribution in [3.05, 3.63) is 98.2 Å². The Morgan fingerprint density at radius 3 is 2.44 bits per heavy atom. The van der Waals surface area contributed by atoms with E-state index >= 15 is 0 Å². The minimum atomic E-state index is -4.67. The fourth-order valence-corrected chi connectivity index (χ4v) is 7.90. The second-order valence-corrected chi connectivity index (χ2v) is 12.2. The first-order chi connectivity index (χ1) is 21.5. The van der Waals surface area contributed by atoms with Crippen molar-refractivity contribution >= 4 is 52.2 Å². The van der Waals surface area contributed by atoms with E-state index in [9.17, 15) is 36.7 Å². The van der Waals surface area contributed by atoms with Crippen LogP contribution in [0.3, 0.4) is 0 Å². The number of carbonyl (C=O) groups excluding carboxylic acids is 3. The zero-order valence-corrected chi connectivity index (χ0v) is 24.6. The standard InChI is InChI=1S/C30H21F4N3O6S2/c1-42-20-12-14(6-11-19(20)43-13-21(38)35-18-5-3-2-4-17(18)30(32,33)34)22-23-25(44-26-24(22)45-29(41)36-26)28(40)37(27(23)39)16-9-7-15(31)8-10-16/h2-12,22-23,25H,13H2,1H3,(H,35,38)(H,36,41)/t22-,23?,25?/m1/s1. The summed E-state index contributed by atoms with van der Waals surface area (Å²) in [4.78, 5) is 56.1. The topological polar surface area (TPSA) is 118 Å². The van der Waals surface area contributed by atoms with E-state index in [-0.39, 0.29) is 22.1 Å². The minimum absolute atomic E-state index is 0.0893. The van der Waals surface area contributed by atoms with Crippen LogP contribution in [0.5, 0.6) is 11.5 Å². The van der Waals surface area contributed by atoms with Crippen LogP contribution >= 0.6 is 23.1 Å². The van der Waals surface area contributed by atoms with Crippen molar-refractivity contribution in [1.82, 2.24) is 4.98 Å². The Kier molecular flexibility index (Phi) is 7.91. The van der Waals surface area contributed by atoms with E-state index in [4.69, 9.17) is 9.47 Å². The highest BCUT2D eigenvalue weighted by molar-refractivity contribution is 8.00. The van der Waals surface area contributed by atoms with Gasteiger partial charge in [0.2, 0.25) is 11.8 Å². The zero-order valence-electron chi connectivity index (χ0n) is 23.0. The number of nitrogens with one attached hydrogen (secondary N) is 2. The molecule has 3 amide bonds. The van der Waals surface area contributed by atoms with Crippen LogP contribution in [0.15, 0.2) is 76.6 Å². The number of hydrogen-bond donors (Lipinski definition) is 2. The van der Waals surface area contributed by atoms with Gasteiger partial charge >= 0.3 is 11.0 Å². The van der Waals surface area contributed by atoms with Crippen LogP contribution in [0.4, 0.5) is 28.9 Å². The number of thiazole rings is 1. The van der Waals surface area contributed by atoms with E-state index < -0.39 is 64.7 Å². The van der Waals surface area contributed by atoms with Gasteiger partial charge in [0.25, 0.3) is 5.91 Å². The number of amides is 3. The number of methoxy groups -OCH3 is 1. The van der Waals surface area contributed by atoms with Crippen LogP contribution in [0, 0.1) is 11.7 Å². The molecule has 2 aliphatic heterocycles. The maximum absolute atomic E-state index is 13.8. The molecule has 4 aromatic rings. The lowest BCUT2D eigenvalue weighted by Crippen LogP contribution is -2.32. The number of H-pyrrole nitrogens is 1. The molecule has 15 heteroatoms. The molecular weight excluding hydrogens is 638 g/mol. The van der Waals surface area contributed by atoms with Gasteiger partial charge in [0.1, 0.15) is 11.1 Å². The zero-order chi connectivity index (χ0) is 32.0. The summed E-state index contributed by atoms with van der Waals surface area (Å²) in [5.41, 5.74) is -0.697. The summed E-state index contributed by atoms with van der Waals surface area (Å²) < 4.78 is 64.5. The van der Waals surface area contributed by atoms with Crippen molar-refractivity contribution in [1.29, 1.82) is 0 Å². The Balaban J connectivity index is 1.28. The predicted molar refractivity (Wildman–Crippen MR) is 157 cm³/mol. The van der Waals surface area contributed by atoms with E-state index in [1.54, 1.807) is 12.1 Å². The quantitative estimate of drug-likeness (QED) is 0.201. The van der Waals surface area contributed by atoms with Gasteiger partial charge in [-0.2, -0.15) is 13.2 Å². The highest BCUT2D eigenvalue weighted by Crippen LogP contribution is 2.53. The van der Waals surface area contributed by atoms with Crippen molar-refractivity contribution in [3.63, 3.8) is 0 Å². The van der Waals surface area contributed by atoms with Gasteiger partial charge in [-0.1, -0.05) is 41.3 Å². The van der Waals surface area contributed by atoms with Crippen LogP contribution in [-0.2, 0) is 20.6 Å². The Bertz CT molecular complexity index is 1870. The third kappa shape index (κ3) is 5.68. The number of thioether (sulfide) groups is 1. The van der Waals surface area contributed by atoms with Gasteiger partial charge in [0.15, 0.2) is 18.1 Å². The van der Waals surface area contributed by atoms with E-state index in [0.29, 0.717) is 15.5 Å². The highest BCUT2D eigenvalue weighted by atomic mass is 32.2. The van der Waals surface area contributed by atoms with Crippen LogP contribution in [0.2, 0.25) is 0 Å². The number of rotatable bonds is 7. The van der Waals surface area contributed by atoms with Crippen molar-refractivity contribution in [2.45, 2.75) is 22.4 Å². The summed E-state index contributed by atoms with van der Waals surface area (Å²) >= 11 is 2.00. The summed E-state index contributed by atoms with van der Waals surface area (Å²) in [6, 6.07) is 14.1. The number of aromatic amines is 1. The summed E-state index contributed by atoms with van der Waals surface area (Å²) in [7, 11) is 1.34. The van der Waals surface area contributed by atoms with Gasteiger partial charge in [-0.05, 0) is 54.1 Å². The molecule has 2 unspecified atom stereocenters.